The highest BCUT2D eigenvalue weighted by Gasteiger charge is 2.07. The molecule has 25 heavy (non-hydrogen) atoms. The second-order valence-corrected chi connectivity index (χ2v) is 6.11. The zero-order chi connectivity index (χ0) is 17.6. The van der Waals surface area contributed by atoms with Crippen LogP contribution >= 0.6 is 11.6 Å². The number of rotatable bonds is 5. The number of anilines is 2. The van der Waals surface area contributed by atoms with E-state index in [4.69, 9.17) is 11.6 Å². The molecule has 2 N–H and O–H groups in total. The molecule has 0 radical (unpaired) electrons. The second kappa shape index (κ2) is 7.81. The fourth-order valence-electron chi connectivity index (χ4n) is 2.40. The van der Waals surface area contributed by atoms with E-state index >= 15 is 0 Å². The Balaban J connectivity index is 1.61. The maximum absolute atomic E-state index is 12.2. The second-order valence-electron chi connectivity index (χ2n) is 5.68. The number of halogens is 1. The Morgan fingerprint density at radius 1 is 1.08 bits per heavy atom. The quantitative estimate of drug-likeness (QED) is 0.686. The topological polar surface area (TPSA) is 54.0 Å². The van der Waals surface area contributed by atoms with Gasteiger partial charge in [-0.05, 0) is 48.4 Å². The van der Waals surface area contributed by atoms with E-state index in [1.54, 1.807) is 42.6 Å². The molecule has 0 fully saturated rings. The van der Waals surface area contributed by atoms with Crippen molar-refractivity contribution in [3.63, 3.8) is 0 Å². The summed E-state index contributed by atoms with van der Waals surface area (Å²) in [4.78, 5) is 16.6. The highest BCUT2D eigenvalue weighted by molar-refractivity contribution is 6.30. The average Bonchev–Trinajstić information content (AvgIpc) is 2.61. The molecule has 0 aliphatic heterocycles. The molecule has 0 atom stereocenters. The van der Waals surface area contributed by atoms with Crippen molar-refractivity contribution in [2.24, 2.45) is 0 Å². The Bertz CT molecular complexity index is 878. The van der Waals surface area contributed by atoms with E-state index in [-0.39, 0.29) is 5.91 Å². The molecule has 0 aliphatic carbocycles. The zero-order valence-electron chi connectivity index (χ0n) is 13.8. The first-order valence-corrected chi connectivity index (χ1v) is 8.31. The SMILES string of the molecule is Cc1ccccc1CNc1ccc(C(=O)Nc2cccc(Cl)c2)cn1. The molecule has 0 bridgehead atoms. The van der Waals surface area contributed by atoms with Gasteiger partial charge in [0.2, 0.25) is 0 Å². The summed E-state index contributed by atoms with van der Waals surface area (Å²) in [7, 11) is 0. The molecule has 0 spiro atoms. The summed E-state index contributed by atoms with van der Waals surface area (Å²) in [6.07, 6.45) is 1.56. The van der Waals surface area contributed by atoms with Gasteiger partial charge in [-0.1, -0.05) is 41.9 Å². The molecule has 126 valence electrons. The van der Waals surface area contributed by atoms with E-state index in [0.29, 0.717) is 22.8 Å². The molecule has 1 aromatic heterocycles. The van der Waals surface area contributed by atoms with Gasteiger partial charge < -0.3 is 10.6 Å². The maximum atomic E-state index is 12.2. The number of carbonyl (C=O) groups excluding carboxylic acids is 1. The molecule has 0 aliphatic rings. The van der Waals surface area contributed by atoms with Crippen LogP contribution in [0.3, 0.4) is 0 Å². The lowest BCUT2D eigenvalue weighted by atomic mass is 10.1. The lowest BCUT2D eigenvalue weighted by Crippen LogP contribution is -2.12. The number of carbonyl (C=O) groups is 1. The van der Waals surface area contributed by atoms with Gasteiger partial charge in [-0.25, -0.2) is 4.98 Å². The van der Waals surface area contributed by atoms with Gasteiger partial charge in [0.15, 0.2) is 0 Å². The molecule has 1 heterocycles. The molecule has 0 unspecified atom stereocenters. The molecular formula is C20H18ClN3O. The van der Waals surface area contributed by atoms with Crippen LogP contribution in [-0.4, -0.2) is 10.9 Å². The normalized spacial score (nSPS) is 10.3. The number of hydrogen-bond donors (Lipinski definition) is 2. The van der Waals surface area contributed by atoms with Crippen LogP contribution in [0.5, 0.6) is 0 Å². The summed E-state index contributed by atoms with van der Waals surface area (Å²) in [5.74, 6) is 0.503. The van der Waals surface area contributed by atoms with Crippen molar-refractivity contribution in [3.8, 4) is 0 Å². The van der Waals surface area contributed by atoms with Gasteiger partial charge >= 0.3 is 0 Å². The number of aryl methyl sites for hydroxylation is 1. The predicted molar refractivity (Wildman–Crippen MR) is 102 cm³/mol. The van der Waals surface area contributed by atoms with E-state index < -0.39 is 0 Å². The first-order valence-electron chi connectivity index (χ1n) is 7.93. The molecule has 5 heteroatoms. The molecule has 3 rings (SSSR count). The number of amides is 1. The molecular weight excluding hydrogens is 334 g/mol. The molecule has 0 saturated carbocycles. The number of nitrogens with one attached hydrogen (secondary N) is 2. The lowest BCUT2D eigenvalue weighted by Gasteiger charge is -2.09. The van der Waals surface area contributed by atoms with Crippen LogP contribution in [0.25, 0.3) is 0 Å². The molecule has 1 amide bonds. The number of hydrogen-bond acceptors (Lipinski definition) is 3. The molecule has 4 nitrogen and oxygen atoms in total. The summed E-state index contributed by atoms with van der Waals surface area (Å²) in [6.45, 7) is 2.77. The first-order chi connectivity index (χ1) is 12.1. The van der Waals surface area contributed by atoms with Crippen molar-refractivity contribution >= 4 is 29.0 Å². The Hall–Kier alpha value is -2.85. The lowest BCUT2D eigenvalue weighted by molar-refractivity contribution is 0.102. The summed E-state index contributed by atoms with van der Waals surface area (Å²) in [5.41, 5.74) is 3.58. The summed E-state index contributed by atoms with van der Waals surface area (Å²) in [6, 6.07) is 18.8. The highest BCUT2D eigenvalue weighted by atomic mass is 35.5. The van der Waals surface area contributed by atoms with Gasteiger partial charge in [-0.3, -0.25) is 4.79 Å². The Kier molecular flexibility index (Phi) is 5.31. The van der Waals surface area contributed by atoms with Crippen molar-refractivity contribution in [2.45, 2.75) is 13.5 Å². The standard InChI is InChI=1S/C20H18ClN3O/c1-14-5-2-3-6-15(14)12-22-19-10-9-16(13-23-19)20(25)24-18-8-4-7-17(21)11-18/h2-11,13H,12H2,1H3,(H,22,23)(H,24,25). The molecule has 2 aromatic carbocycles. The van der Waals surface area contributed by atoms with E-state index in [2.05, 4.69) is 34.7 Å². The largest absolute Gasteiger partial charge is 0.366 e. The molecule has 3 aromatic rings. The van der Waals surface area contributed by atoms with Crippen LogP contribution in [-0.2, 0) is 6.54 Å². The number of pyridine rings is 1. The van der Waals surface area contributed by atoms with Crippen molar-refractivity contribution in [3.05, 3.63) is 88.6 Å². The van der Waals surface area contributed by atoms with E-state index in [1.807, 2.05) is 12.1 Å². The maximum Gasteiger partial charge on any atom is 0.257 e. The van der Waals surface area contributed by atoms with Gasteiger partial charge in [0.25, 0.3) is 5.91 Å². The Morgan fingerprint density at radius 2 is 1.92 bits per heavy atom. The van der Waals surface area contributed by atoms with Crippen molar-refractivity contribution in [2.75, 3.05) is 10.6 Å². The van der Waals surface area contributed by atoms with E-state index in [9.17, 15) is 4.79 Å². The minimum atomic E-state index is -0.222. The summed E-state index contributed by atoms with van der Waals surface area (Å²) in [5, 5.41) is 6.64. The minimum Gasteiger partial charge on any atom is -0.366 e. The number of benzene rings is 2. The van der Waals surface area contributed by atoms with Gasteiger partial charge in [0.05, 0.1) is 5.56 Å². The van der Waals surface area contributed by atoms with Gasteiger partial charge in [0, 0.05) is 23.5 Å². The number of nitrogens with zero attached hydrogens (tertiary/aromatic N) is 1. The zero-order valence-corrected chi connectivity index (χ0v) is 14.5. The van der Waals surface area contributed by atoms with Crippen LogP contribution < -0.4 is 10.6 Å². The van der Waals surface area contributed by atoms with Crippen molar-refractivity contribution in [1.29, 1.82) is 0 Å². The van der Waals surface area contributed by atoms with Crippen molar-refractivity contribution < 1.29 is 4.79 Å². The Labute approximate surface area is 151 Å². The monoisotopic (exact) mass is 351 g/mol. The van der Waals surface area contributed by atoms with Gasteiger partial charge in [0.1, 0.15) is 5.82 Å². The Morgan fingerprint density at radius 3 is 2.64 bits per heavy atom. The van der Waals surface area contributed by atoms with E-state index in [1.165, 1.54) is 11.1 Å². The number of aromatic nitrogens is 1. The third-order valence-electron chi connectivity index (χ3n) is 3.83. The van der Waals surface area contributed by atoms with Gasteiger partial charge in [-0.15, -0.1) is 0 Å². The smallest absolute Gasteiger partial charge is 0.257 e. The average molecular weight is 352 g/mol. The van der Waals surface area contributed by atoms with E-state index in [0.717, 1.165) is 5.82 Å². The van der Waals surface area contributed by atoms with Gasteiger partial charge in [-0.2, -0.15) is 0 Å². The van der Waals surface area contributed by atoms with Crippen LogP contribution in [0.4, 0.5) is 11.5 Å². The van der Waals surface area contributed by atoms with Crippen LogP contribution in [0.2, 0.25) is 5.02 Å². The van der Waals surface area contributed by atoms with Crippen LogP contribution in [0.15, 0.2) is 66.9 Å². The third-order valence-corrected chi connectivity index (χ3v) is 4.06. The fourth-order valence-corrected chi connectivity index (χ4v) is 2.59. The highest BCUT2D eigenvalue weighted by Crippen LogP contribution is 2.16. The van der Waals surface area contributed by atoms with Crippen LogP contribution in [0.1, 0.15) is 21.5 Å². The summed E-state index contributed by atoms with van der Waals surface area (Å²) < 4.78 is 0. The fraction of sp³-hybridized carbons (Fsp3) is 0.100. The molecule has 0 saturated heterocycles. The first kappa shape index (κ1) is 17.0. The van der Waals surface area contributed by atoms with Crippen molar-refractivity contribution in [1.82, 2.24) is 4.98 Å². The van der Waals surface area contributed by atoms with Crippen LogP contribution in [0, 0.1) is 6.92 Å². The third kappa shape index (κ3) is 4.58. The summed E-state index contributed by atoms with van der Waals surface area (Å²) >= 11 is 5.92. The minimum absolute atomic E-state index is 0.222. The predicted octanol–water partition coefficient (Wildman–Crippen LogP) is 4.91.